The van der Waals surface area contributed by atoms with Crippen molar-refractivity contribution in [1.82, 2.24) is 20.9 Å². The first-order valence-electron chi connectivity index (χ1n) is 10.3. The van der Waals surface area contributed by atoms with Gasteiger partial charge >= 0.3 is 0 Å². The highest BCUT2D eigenvalue weighted by Gasteiger charge is 2.08. The van der Waals surface area contributed by atoms with Crippen molar-refractivity contribution in [3.05, 3.63) is 65.5 Å². The van der Waals surface area contributed by atoms with E-state index in [-0.39, 0.29) is 41.8 Å². The Balaban J connectivity index is 0.00000512. The molecular formula is C23H33FIN5O2. The second-order valence-electron chi connectivity index (χ2n) is 7.45. The number of carbonyl (C=O) groups excluding carboxylic acids is 1. The molecule has 32 heavy (non-hydrogen) atoms. The Bertz CT molecular complexity index is 862. The molecule has 0 fully saturated rings. The minimum Gasteiger partial charge on any atom is -0.489 e. The number of nitrogens with zero attached hydrogens (tertiary/aromatic N) is 2. The lowest BCUT2D eigenvalue weighted by atomic mass is 10.1. The van der Waals surface area contributed by atoms with Crippen LogP contribution in [0.1, 0.15) is 22.8 Å². The van der Waals surface area contributed by atoms with E-state index in [0.717, 1.165) is 12.1 Å². The number of guanidine groups is 1. The molecule has 1 unspecified atom stereocenters. The van der Waals surface area contributed by atoms with E-state index in [4.69, 9.17) is 4.74 Å². The zero-order chi connectivity index (χ0) is 22.6. The van der Waals surface area contributed by atoms with Crippen molar-refractivity contribution in [3.8, 4) is 5.75 Å². The van der Waals surface area contributed by atoms with Gasteiger partial charge < -0.3 is 25.6 Å². The Morgan fingerprint density at radius 1 is 1.12 bits per heavy atom. The molecule has 0 aliphatic carbocycles. The van der Waals surface area contributed by atoms with Crippen molar-refractivity contribution in [2.45, 2.75) is 19.6 Å². The van der Waals surface area contributed by atoms with Gasteiger partial charge in [-0.15, -0.1) is 24.0 Å². The molecule has 0 saturated carbocycles. The fourth-order valence-corrected chi connectivity index (χ4v) is 2.75. The molecule has 0 bridgehead atoms. The van der Waals surface area contributed by atoms with Gasteiger partial charge in [0.25, 0.3) is 5.91 Å². The Kier molecular flexibility index (Phi) is 12.6. The fourth-order valence-electron chi connectivity index (χ4n) is 2.75. The molecule has 0 aliphatic rings. The molecule has 3 N–H and O–H groups in total. The third kappa shape index (κ3) is 10.3. The number of benzene rings is 2. The number of rotatable bonds is 10. The molecule has 0 spiro atoms. The number of likely N-dealkylation sites (N-methyl/N-ethyl adjacent to an activating group) is 1. The van der Waals surface area contributed by atoms with Gasteiger partial charge in [-0.05, 0) is 63.0 Å². The van der Waals surface area contributed by atoms with Crippen molar-refractivity contribution in [3.63, 3.8) is 0 Å². The van der Waals surface area contributed by atoms with Crippen LogP contribution in [0.3, 0.4) is 0 Å². The molecule has 2 aromatic rings. The predicted octanol–water partition coefficient (Wildman–Crippen LogP) is 2.87. The van der Waals surface area contributed by atoms with Crippen LogP contribution in [0.15, 0.2) is 53.5 Å². The van der Waals surface area contributed by atoms with Gasteiger partial charge in [0.2, 0.25) is 0 Å². The van der Waals surface area contributed by atoms with Crippen LogP contribution < -0.4 is 20.7 Å². The average Bonchev–Trinajstić information content (AvgIpc) is 2.75. The summed E-state index contributed by atoms with van der Waals surface area (Å²) >= 11 is 0. The SMILES string of the molecule is CN=C(NCc1cccc(C(=O)NCCN(C)C)c1)NCC(C)Oc1ccc(F)cc1.I. The molecule has 7 nitrogen and oxygen atoms in total. The summed E-state index contributed by atoms with van der Waals surface area (Å²) < 4.78 is 18.7. The van der Waals surface area contributed by atoms with Gasteiger partial charge in [-0.2, -0.15) is 0 Å². The molecule has 2 rings (SSSR count). The Hall–Kier alpha value is -2.40. The number of hydrogen-bond acceptors (Lipinski definition) is 4. The van der Waals surface area contributed by atoms with Gasteiger partial charge in [-0.1, -0.05) is 12.1 Å². The fraction of sp³-hybridized carbons (Fsp3) is 0.391. The van der Waals surface area contributed by atoms with Crippen LogP contribution in [0.25, 0.3) is 0 Å². The number of halogens is 2. The molecule has 0 aliphatic heterocycles. The van der Waals surface area contributed by atoms with Crippen molar-refractivity contribution < 1.29 is 13.9 Å². The van der Waals surface area contributed by atoms with E-state index in [9.17, 15) is 9.18 Å². The van der Waals surface area contributed by atoms with Crippen molar-refractivity contribution >= 4 is 35.8 Å². The summed E-state index contributed by atoms with van der Waals surface area (Å²) in [6, 6.07) is 13.4. The zero-order valence-electron chi connectivity index (χ0n) is 19.0. The van der Waals surface area contributed by atoms with E-state index in [0.29, 0.717) is 36.9 Å². The van der Waals surface area contributed by atoms with Crippen LogP contribution in [-0.2, 0) is 6.54 Å². The van der Waals surface area contributed by atoms with Crippen LogP contribution >= 0.6 is 24.0 Å². The quantitative estimate of drug-likeness (QED) is 0.238. The van der Waals surface area contributed by atoms with Gasteiger partial charge in [0.1, 0.15) is 17.7 Å². The first kappa shape index (κ1) is 27.6. The highest BCUT2D eigenvalue weighted by Crippen LogP contribution is 2.12. The summed E-state index contributed by atoms with van der Waals surface area (Å²) in [5.74, 6) is 0.852. The first-order chi connectivity index (χ1) is 14.9. The largest absolute Gasteiger partial charge is 0.489 e. The predicted molar refractivity (Wildman–Crippen MR) is 137 cm³/mol. The summed E-state index contributed by atoms with van der Waals surface area (Å²) in [5.41, 5.74) is 1.60. The Morgan fingerprint density at radius 3 is 2.50 bits per heavy atom. The maximum absolute atomic E-state index is 13.0. The maximum Gasteiger partial charge on any atom is 0.251 e. The lowest BCUT2D eigenvalue weighted by Crippen LogP contribution is -2.41. The van der Waals surface area contributed by atoms with E-state index < -0.39 is 0 Å². The highest BCUT2D eigenvalue weighted by molar-refractivity contribution is 14.0. The molecule has 0 heterocycles. The number of amides is 1. The van der Waals surface area contributed by atoms with Gasteiger partial charge in [0.05, 0.1) is 6.54 Å². The summed E-state index contributed by atoms with van der Waals surface area (Å²) in [7, 11) is 5.62. The Morgan fingerprint density at radius 2 is 1.84 bits per heavy atom. The third-order valence-corrected chi connectivity index (χ3v) is 4.43. The lowest BCUT2D eigenvalue weighted by Gasteiger charge is -2.18. The molecular weight excluding hydrogens is 524 g/mol. The molecule has 1 amide bonds. The second kappa shape index (κ2) is 14.6. The molecule has 2 aromatic carbocycles. The van der Waals surface area contributed by atoms with Crippen molar-refractivity contribution in [2.24, 2.45) is 4.99 Å². The van der Waals surface area contributed by atoms with Crippen LogP contribution in [0.2, 0.25) is 0 Å². The summed E-state index contributed by atoms with van der Waals surface area (Å²) in [5, 5.41) is 9.35. The van der Waals surface area contributed by atoms with E-state index >= 15 is 0 Å². The minimum atomic E-state index is -0.294. The molecule has 176 valence electrons. The average molecular weight is 557 g/mol. The van der Waals surface area contributed by atoms with E-state index in [1.807, 2.05) is 44.1 Å². The topological polar surface area (TPSA) is 78.0 Å². The zero-order valence-corrected chi connectivity index (χ0v) is 21.4. The monoisotopic (exact) mass is 557 g/mol. The van der Waals surface area contributed by atoms with E-state index in [2.05, 4.69) is 20.9 Å². The molecule has 0 radical (unpaired) electrons. The number of nitrogens with one attached hydrogen (secondary N) is 3. The first-order valence-corrected chi connectivity index (χ1v) is 10.3. The highest BCUT2D eigenvalue weighted by atomic mass is 127. The number of aliphatic imine (C=N–C) groups is 1. The number of carbonyl (C=O) groups is 1. The lowest BCUT2D eigenvalue weighted by molar-refractivity contribution is 0.0951. The van der Waals surface area contributed by atoms with Crippen molar-refractivity contribution in [1.29, 1.82) is 0 Å². The summed E-state index contributed by atoms with van der Waals surface area (Å²) in [6.45, 7) is 4.35. The molecule has 0 aromatic heterocycles. The van der Waals surface area contributed by atoms with Gasteiger partial charge in [-0.25, -0.2) is 4.39 Å². The van der Waals surface area contributed by atoms with E-state index in [1.165, 1.54) is 12.1 Å². The second-order valence-corrected chi connectivity index (χ2v) is 7.45. The van der Waals surface area contributed by atoms with Gasteiger partial charge in [-0.3, -0.25) is 9.79 Å². The summed E-state index contributed by atoms with van der Waals surface area (Å²) in [4.78, 5) is 18.5. The number of hydrogen-bond donors (Lipinski definition) is 3. The standard InChI is InChI=1S/C23H32FN5O2.HI/c1-17(31-21-10-8-20(24)9-11-21)15-27-23(25-2)28-16-18-6-5-7-19(14-18)22(30)26-12-13-29(3)4;/h5-11,14,17H,12-13,15-16H2,1-4H3,(H,26,30)(H2,25,27,28);1H. The van der Waals surface area contributed by atoms with Crippen LogP contribution in [-0.4, -0.2) is 63.6 Å². The van der Waals surface area contributed by atoms with Crippen LogP contribution in [0, 0.1) is 5.82 Å². The number of ether oxygens (including phenoxy) is 1. The van der Waals surface area contributed by atoms with Crippen molar-refractivity contribution in [2.75, 3.05) is 40.8 Å². The third-order valence-electron chi connectivity index (χ3n) is 4.43. The summed E-state index contributed by atoms with van der Waals surface area (Å²) in [6.07, 6.45) is -0.141. The molecule has 9 heteroatoms. The smallest absolute Gasteiger partial charge is 0.251 e. The normalized spacial score (nSPS) is 12.0. The van der Waals surface area contributed by atoms with E-state index in [1.54, 1.807) is 25.2 Å². The Labute approximate surface area is 206 Å². The van der Waals surface area contributed by atoms with Gasteiger partial charge in [0.15, 0.2) is 5.96 Å². The van der Waals surface area contributed by atoms with Crippen LogP contribution in [0.4, 0.5) is 4.39 Å². The van der Waals surface area contributed by atoms with Gasteiger partial charge in [0, 0.05) is 32.2 Å². The molecule has 1 atom stereocenters. The maximum atomic E-state index is 13.0. The minimum absolute atomic E-state index is 0. The van der Waals surface area contributed by atoms with Crippen LogP contribution in [0.5, 0.6) is 5.75 Å². The molecule has 0 saturated heterocycles.